The predicted molar refractivity (Wildman–Crippen MR) is 76.1 cm³/mol. The summed E-state index contributed by atoms with van der Waals surface area (Å²) in [5.74, 6) is -0.0528. The van der Waals surface area contributed by atoms with Gasteiger partial charge in [-0.25, -0.2) is 0 Å². The van der Waals surface area contributed by atoms with Gasteiger partial charge in [-0.3, -0.25) is 4.79 Å². The summed E-state index contributed by atoms with van der Waals surface area (Å²) in [4.78, 5) is 12.1. The molecule has 0 bridgehead atoms. The smallest absolute Gasteiger partial charge is 0.251 e. The Kier molecular flexibility index (Phi) is 5.02. The van der Waals surface area contributed by atoms with Gasteiger partial charge in [0.1, 0.15) is 0 Å². The molecule has 1 N–H and O–H groups in total. The molecule has 2 nitrogen and oxygen atoms in total. The average molecular weight is 319 g/mol. The van der Waals surface area contributed by atoms with Crippen molar-refractivity contribution in [3.05, 3.63) is 34.3 Å². The van der Waals surface area contributed by atoms with E-state index < -0.39 is 0 Å². The van der Waals surface area contributed by atoms with Crippen LogP contribution in [0.25, 0.3) is 0 Å². The molecule has 94 valence electrons. The van der Waals surface area contributed by atoms with Crippen molar-refractivity contribution in [1.82, 2.24) is 5.32 Å². The normalized spacial score (nSPS) is 14.2. The summed E-state index contributed by atoms with van der Waals surface area (Å²) in [5, 5.41) is 4.42. The zero-order valence-electron chi connectivity index (χ0n) is 10.3. The van der Waals surface area contributed by atoms with E-state index in [1.165, 1.54) is 0 Å². The van der Waals surface area contributed by atoms with E-state index in [1.807, 2.05) is 13.8 Å². The third-order valence-electron chi connectivity index (χ3n) is 2.92. The molecule has 0 heterocycles. The number of alkyl halides is 1. The van der Waals surface area contributed by atoms with Crippen LogP contribution in [0.15, 0.2) is 18.2 Å². The Morgan fingerprint density at radius 1 is 1.53 bits per heavy atom. The molecule has 1 atom stereocenters. The fourth-order valence-corrected chi connectivity index (χ4v) is 2.20. The third-order valence-corrected chi connectivity index (χ3v) is 4.40. The molecule has 0 aliphatic rings. The van der Waals surface area contributed by atoms with Crippen molar-refractivity contribution < 1.29 is 4.79 Å². The van der Waals surface area contributed by atoms with E-state index in [1.54, 1.807) is 18.2 Å². The van der Waals surface area contributed by atoms with Gasteiger partial charge < -0.3 is 5.32 Å². The fraction of sp³-hybridized carbons (Fsp3) is 0.462. The molecule has 1 aromatic rings. The van der Waals surface area contributed by atoms with Crippen LogP contribution in [0.1, 0.15) is 36.2 Å². The van der Waals surface area contributed by atoms with E-state index in [4.69, 9.17) is 11.6 Å². The summed E-state index contributed by atoms with van der Waals surface area (Å²) in [6, 6.07) is 5.30. The van der Waals surface area contributed by atoms with Gasteiger partial charge in [0.05, 0.1) is 0 Å². The number of benzene rings is 1. The van der Waals surface area contributed by atoms with Crippen LogP contribution in [-0.4, -0.2) is 16.8 Å². The molecule has 0 aliphatic carbocycles. The molecule has 1 aromatic carbocycles. The van der Waals surface area contributed by atoms with E-state index in [0.29, 0.717) is 10.6 Å². The summed E-state index contributed by atoms with van der Waals surface area (Å²) in [6.07, 6.45) is 0.872. The molecular weight excluding hydrogens is 302 g/mol. The SMILES string of the molecule is CCC(C)(CBr)NC(=O)c1ccc(Cl)cc1C. The van der Waals surface area contributed by atoms with Crippen LogP contribution >= 0.6 is 27.5 Å². The fourth-order valence-electron chi connectivity index (χ4n) is 1.44. The lowest BCUT2D eigenvalue weighted by Crippen LogP contribution is -2.47. The maximum absolute atomic E-state index is 12.1. The highest BCUT2D eigenvalue weighted by atomic mass is 79.9. The standard InChI is InChI=1S/C13H17BrClNO/c1-4-13(3,8-14)16-12(17)11-6-5-10(15)7-9(11)2/h5-7H,4,8H2,1-3H3,(H,16,17). The van der Waals surface area contributed by atoms with Gasteiger partial charge >= 0.3 is 0 Å². The average Bonchev–Trinajstić information content (AvgIpc) is 2.28. The number of rotatable bonds is 4. The van der Waals surface area contributed by atoms with Crippen LogP contribution in [0.3, 0.4) is 0 Å². The molecule has 1 amide bonds. The van der Waals surface area contributed by atoms with Crippen LogP contribution in [0.5, 0.6) is 0 Å². The van der Waals surface area contributed by atoms with Gasteiger partial charge in [0, 0.05) is 21.5 Å². The Morgan fingerprint density at radius 2 is 2.18 bits per heavy atom. The van der Waals surface area contributed by atoms with E-state index >= 15 is 0 Å². The van der Waals surface area contributed by atoms with Crippen molar-refractivity contribution in [2.45, 2.75) is 32.7 Å². The summed E-state index contributed by atoms with van der Waals surface area (Å²) < 4.78 is 0. The van der Waals surface area contributed by atoms with Gasteiger partial charge in [-0.1, -0.05) is 34.5 Å². The summed E-state index contributed by atoms with van der Waals surface area (Å²) in [6.45, 7) is 5.96. The molecule has 0 radical (unpaired) electrons. The summed E-state index contributed by atoms with van der Waals surface area (Å²) in [5.41, 5.74) is 1.35. The lowest BCUT2D eigenvalue weighted by Gasteiger charge is -2.27. The van der Waals surface area contributed by atoms with E-state index in [-0.39, 0.29) is 11.4 Å². The first-order valence-electron chi connectivity index (χ1n) is 5.56. The maximum Gasteiger partial charge on any atom is 0.251 e. The Hall–Kier alpha value is -0.540. The first-order valence-corrected chi connectivity index (χ1v) is 7.06. The number of hydrogen-bond donors (Lipinski definition) is 1. The molecule has 0 spiro atoms. The predicted octanol–water partition coefficient (Wildman–Crippen LogP) is 3.94. The number of aryl methyl sites for hydroxylation is 1. The number of amides is 1. The number of nitrogens with one attached hydrogen (secondary N) is 1. The molecule has 1 rings (SSSR count). The minimum Gasteiger partial charge on any atom is -0.346 e. The molecule has 4 heteroatoms. The van der Waals surface area contributed by atoms with Crippen molar-refractivity contribution in [2.24, 2.45) is 0 Å². The topological polar surface area (TPSA) is 29.1 Å². The van der Waals surface area contributed by atoms with Gasteiger partial charge in [0.25, 0.3) is 5.91 Å². The highest BCUT2D eigenvalue weighted by molar-refractivity contribution is 9.09. The molecule has 1 unspecified atom stereocenters. The van der Waals surface area contributed by atoms with E-state index in [0.717, 1.165) is 17.3 Å². The van der Waals surface area contributed by atoms with E-state index in [2.05, 4.69) is 28.2 Å². The first-order chi connectivity index (χ1) is 7.91. The second-order valence-electron chi connectivity index (χ2n) is 4.46. The zero-order chi connectivity index (χ0) is 13.1. The van der Waals surface area contributed by atoms with Gasteiger partial charge in [0.2, 0.25) is 0 Å². The van der Waals surface area contributed by atoms with Crippen LogP contribution in [0.2, 0.25) is 5.02 Å². The largest absolute Gasteiger partial charge is 0.346 e. The quantitative estimate of drug-likeness (QED) is 0.837. The molecule has 17 heavy (non-hydrogen) atoms. The molecule has 0 saturated heterocycles. The van der Waals surface area contributed by atoms with Crippen molar-refractivity contribution in [2.75, 3.05) is 5.33 Å². The second-order valence-corrected chi connectivity index (χ2v) is 5.46. The van der Waals surface area contributed by atoms with Crippen molar-refractivity contribution >= 4 is 33.4 Å². The zero-order valence-corrected chi connectivity index (χ0v) is 12.7. The minimum atomic E-state index is -0.219. The lowest BCUT2D eigenvalue weighted by atomic mass is 10.0. The van der Waals surface area contributed by atoms with Crippen LogP contribution < -0.4 is 5.32 Å². The Balaban J connectivity index is 2.90. The summed E-state index contributed by atoms with van der Waals surface area (Å²) >= 11 is 9.30. The monoisotopic (exact) mass is 317 g/mol. The van der Waals surface area contributed by atoms with Crippen molar-refractivity contribution in [3.8, 4) is 0 Å². The highest BCUT2D eigenvalue weighted by Crippen LogP contribution is 2.18. The maximum atomic E-state index is 12.1. The Bertz CT molecular complexity index is 416. The molecule has 0 aliphatic heterocycles. The number of hydrogen-bond acceptors (Lipinski definition) is 1. The van der Waals surface area contributed by atoms with Gasteiger partial charge in [0.15, 0.2) is 0 Å². The highest BCUT2D eigenvalue weighted by Gasteiger charge is 2.23. The van der Waals surface area contributed by atoms with Gasteiger partial charge in [-0.15, -0.1) is 0 Å². The Morgan fingerprint density at radius 3 is 2.65 bits per heavy atom. The third kappa shape index (κ3) is 3.71. The lowest BCUT2D eigenvalue weighted by molar-refractivity contribution is 0.0913. The van der Waals surface area contributed by atoms with Crippen molar-refractivity contribution in [3.63, 3.8) is 0 Å². The van der Waals surface area contributed by atoms with Gasteiger partial charge in [-0.2, -0.15) is 0 Å². The van der Waals surface area contributed by atoms with Crippen LogP contribution in [0.4, 0.5) is 0 Å². The second kappa shape index (κ2) is 5.87. The number of carbonyl (C=O) groups is 1. The first kappa shape index (κ1) is 14.5. The van der Waals surface area contributed by atoms with Crippen LogP contribution in [-0.2, 0) is 0 Å². The van der Waals surface area contributed by atoms with Gasteiger partial charge in [-0.05, 0) is 44.0 Å². The number of carbonyl (C=O) groups excluding carboxylic acids is 1. The van der Waals surface area contributed by atoms with Crippen LogP contribution in [0, 0.1) is 6.92 Å². The molecule has 0 aromatic heterocycles. The minimum absolute atomic E-state index is 0.0528. The summed E-state index contributed by atoms with van der Waals surface area (Å²) in [7, 11) is 0. The molecule has 0 fully saturated rings. The van der Waals surface area contributed by atoms with E-state index in [9.17, 15) is 4.79 Å². The number of halogens is 2. The van der Waals surface area contributed by atoms with Crippen molar-refractivity contribution in [1.29, 1.82) is 0 Å². The Labute approximate surface area is 116 Å². The molecule has 0 saturated carbocycles. The molecular formula is C13H17BrClNO.